The number of hydrogen-bond donors (Lipinski definition) is 2. The topological polar surface area (TPSA) is 75.6 Å². The molecule has 2 N–H and O–H groups in total. The summed E-state index contributed by atoms with van der Waals surface area (Å²) in [5.41, 5.74) is 5.06. The van der Waals surface area contributed by atoms with Crippen molar-refractivity contribution in [3.05, 3.63) is 92.9 Å². The molecule has 0 unspecified atom stereocenters. The van der Waals surface area contributed by atoms with E-state index in [9.17, 15) is 14.7 Å². The minimum absolute atomic E-state index is 0.0750. The second-order valence-electron chi connectivity index (χ2n) is 7.29. The van der Waals surface area contributed by atoms with Gasteiger partial charge in [0.05, 0.1) is 12.5 Å². The monoisotopic (exact) mass is 499 g/mol. The quantitative estimate of drug-likeness (QED) is 0.425. The zero-order chi connectivity index (χ0) is 22.0. The van der Waals surface area contributed by atoms with E-state index >= 15 is 0 Å². The van der Waals surface area contributed by atoms with Crippen LogP contribution >= 0.6 is 27.5 Å². The Bertz CT molecular complexity index is 1100. The fourth-order valence-electron chi connectivity index (χ4n) is 3.98. The van der Waals surface area contributed by atoms with Crippen molar-refractivity contribution in [3.63, 3.8) is 0 Å². The first-order valence-corrected chi connectivity index (χ1v) is 10.9. The molecule has 0 spiro atoms. The Balaban J connectivity index is 1.50. The maximum Gasteiger partial charge on any atom is 0.407 e. The molecule has 0 fully saturated rings. The highest BCUT2D eigenvalue weighted by Gasteiger charge is 2.29. The van der Waals surface area contributed by atoms with Gasteiger partial charge in [-0.15, -0.1) is 0 Å². The zero-order valence-corrected chi connectivity index (χ0v) is 18.7. The summed E-state index contributed by atoms with van der Waals surface area (Å²) in [6, 6.07) is 20.4. The highest BCUT2D eigenvalue weighted by molar-refractivity contribution is 9.10. The maximum atomic E-state index is 12.6. The first kappa shape index (κ1) is 21.4. The number of carbonyl (C=O) groups is 2. The van der Waals surface area contributed by atoms with Gasteiger partial charge in [0.2, 0.25) is 0 Å². The van der Waals surface area contributed by atoms with Crippen LogP contribution in [0.1, 0.15) is 35.1 Å². The number of alkyl carbamates (subject to hydrolysis) is 1. The Morgan fingerprint density at radius 3 is 2.26 bits per heavy atom. The van der Waals surface area contributed by atoms with E-state index in [1.165, 1.54) is 0 Å². The molecule has 0 bridgehead atoms. The van der Waals surface area contributed by atoms with E-state index in [1.54, 1.807) is 18.2 Å². The van der Waals surface area contributed by atoms with Crippen molar-refractivity contribution in [3.8, 4) is 11.1 Å². The van der Waals surface area contributed by atoms with Crippen LogP contribution in [-0.2, 0) is 9.53 Å². The predicted octanol–water partition coefficient (Wildman–Crippen LogP) is 6.16. The molecule has 0 radical (unpaired) electrons. The Kier molecular flexibility index (Phi) is 6.30. The third kappa shape index (κ3) is 4.60. The van der Waals surface area contributed by atoms with Crippen LogP contribution in [0.5, 0.6) is 0 Å². The van der Waals surface area contributed by atoms with Gasteiger partial charge >= 0.3 is 12.1 Å². The van der Waals surface area contributed by atoms with E-state index in [-0.39, 0.29) is 18.9 Å². The van der Waals surface area contributed by atoms with Crippen molar-refractivity contribution in [1.82, 2.24) is 5.32 Å². The Morgan fingerprint density at radius 1 is 1.03 bits per heavy atom. The van der Waals surface area contributed by atoms with Gasteiger partial charge in [-0.2, -0.15) is 0 Å². The van der Waals surface area contributed by atoms with Crippen LogP contribution in [0.15, 0.2) is 71.2 Å². The first-order valence-electron chi connectivity index (χ1n) is 9.72. The number of carbonyl (C=O) groups excluding carboxylic acids is 1. The van der Waals surface area contributed by atoms with Gasteiger partial charge < -0.3 is 15.2 Å². The molecule has 1 aliphatic rings. The number of amides is 1. The first-order chi connectivity index (χ1) is 14.9. The summed E-state index contributed by atoms with van der Waals surface area (Å²) in [4.78, 5) is 24.0. The Hall–Kier alpha value is -2.83. The van der Waals surface area contributed by atoms with E-state index in [1.807, 2.05) is 36.4 Å². The molecular formula is C24H19BrClNO4. The molecule has 0 aromatic heterocycles. The van der Waals surface area contributed by atoms with E-state index < -0.39 is 18.1 Å². The van der Waals surface area contributed by atoms with E-state index in [0.717, 1.165) is 22.3 Å². The number of aliphatic carboxylic acids is 1. The molecule has 0 heterocycles. The van der Waals surface area contributed by atoms with Gasteiger partial charge in [0, 0.05) is 15.4 Å². The van der Waals surface area contributed by atoms with Crippen LogP contribution in [0, 0.1) is 0 Å². The lowest BCUT2D eigenvalue weighted by atomic mass is 9.98. The minimum Gasteiger partial charge on any atom is -0.481 e. The molecule has 0 saturated heterocycles. The lowest BCUT2D eigenvalue weighted by molar-refractivity contribution is -0.137. The number of rotatable bonds is 6. The molecule has 1 amide bonds. The number of hydrogen-bond acceptors (Lipinski definition) is 3. The average Bonchev–Trinajstić information content (AvgIpc) is 3.07. The summed E-state index contributed by atoms with van der Waals surface area (Å²) >= 11 is 9.46. The van der Waals surface area contributed by atoms with Crippen molar-refractivity contribution in [2.45, 2.75) is 18.4 Å². The van der Waals surface area contributed by atoms with Crippen molar-refractivity contribution in [1.29, 1.82) is 0 Å². The second-order valence-corrected chi connectivity index (χ2v) is 8.58. The van der Waals surface area contributed by atoms with Gasteiger partial charge in [-0.3, -0.25) is 4.79 Å². The van der Waals surface area contributed by atoms with Crippen LogP contribution < -0.4 is 5.32 Å². The standard InChI is InChI=1S/C24H19BrClNO4/c25-21-10-9-14(26)11-19(21)22(12-23(28)29)27-24(30)31-13-20-17-7-3-1-5-15(17)16-6-2-4-8-18(16)20/h1-11,20,22H,12-13H2,(H,27,30)(H,28,29)/t22-/m0/s1. The predicted molar refractivity (Wildman–Crippen MR) is 122 cm³/mol. The number of carboxylic acids is 1. The smallest absolute Gasteiger partial charge is 0.407 e. The van der Waals surface area contributed by atoms with E-state index in [4.69, 9.17) is 16.3 Å². The normalized spacial score (nSPS) is 13.2. The van der Waals surface area contributed by atoms with Gasteiger partial charge in [0.15, 0.2) is 0 Å². The molecular weight excluding hydrogens is 482 g/mol. The third-order valence-electron chi connectivity index (χ3n) is 5.35. The largest absolute Gasteiger partial charge is 0.481 e. The van der Waals surface area contributed by atoms with Crippen LogP contribution in [-0.4, -0.2) is 23.8 Å². The molecule has 4 rings (SSSR count). The number of fused-ring (bicyclic) bond motifs is 3. The molecule has 7 heteroatoms. The highest BCUT2D eigenvalue weighted by atomic mass is 79.9. The SMILES string of the molecule is O=C(O)C[C@H](NC(=O)OCC1c2ccccc2-c2ccccc21)c1cc(Cl)ccc1Br. The van der Waals surface area contributed by atoms with Gasteiger partial charge in [0.25, 0.3) is 0 Å². The van der Waals surface area contributed by atoms with E-state index in [0.29, 0.717) is 15.1 Å². The third-order valence-corrected chi connectivity index (χ3v) is 6.31. The van der Waals surface area contributed by atoms with Crippen LogP contribution in [0.3, 0.4) is 0 Å². The lowest BCUT2D eigenvalue weighted by Gasteiger charge is -2.20. The molecule has 3 aromatic carbocycles. The molecule has 3 aromatic rings. The van der Waals surface area contributed by atoms with Gasteiger partial charge in [-0.1, -0.05) is 76.1 Å². The van der Waals surface area contributed by atoms with Gasteiger partial charge in [-0.05, 0) is 46.0 Å². The fourth-order valence-corrected chi connectivity index (χ4v) is 4.68. The fraction of sp³-hybridized carbons (Fsp3) is 0.167. The summed E-state index contributed by atoms with van der Waals surface area (Å²) in [7, 11) is 0. The molecule has 31 heavy (non-hydrogen) atoms. The summed E-state index contributed by atoms with van der Waals surface area (Å²) < 4.78 is 6.21. The van der Waals surface area contributed by atoms with Crippen LogP contribution in [0.4, 0.5) is 4.79 Å². The summed E-state index contributed by atoms with van der Waals surface area (Å²) in [5, 5.41) is 12.4. The van der Waals surface area contributed by atoms with Gasteiger partial charge in [-0.25, -0.2) is 4.79 Å². The van der Waals surface area contributed by atoms with Crippen LogP contribution in [0.2, 0.25) is 5.02 Å². The van der Waals surface area contributed by atoms with Crippen molar-refractivity contribution >= 4 is 39.6 Å². The number of carboxylic acid groups (broad SMARTS) is 1. The number of nitrogens with one attached hydrogen (secondary N) is 1. The Labute approximate surface area is 193 Å². The van der Waals surface area contributed by atoms with E-state index in [2.05, 4.69) is 33.4 Å². The molecule has 0 saturated carbocycles. The van der Waals surface area contributed by atoms with Crippen LogP contribution in [0.25, 0.3) is 11.1 Å². The zero-order valence-electron chi connectivity index (χ0n) is 16.3. The highest BCUT2D eigenvalue weighted by Crippen LogP contribution is 2.44. The minimum atomic E-state index is -1.05. The maximum absolute atomic E-state index is 12.6. The number of benzene rings is 3. The number of ether oxygens (including phenoxy) is 1. The van der Waals surface area contributed by atoms with Crippen molar-refractivity contribution in [2.75, 3.05) is 6.61 Å². The number of halogens is 2. The Morgan fingerprint density at radius 2 is 1.65 bits per heavy atom. The van der Waals surface area contributed by atoms with Gasteiger partial charge in [0.1, 0.15) is 6.61 Å². The van der Waals surface area contributed by atoms with Crippen molar-refractivity contribution in [2.24, 2.45) is 0 Å². The summed E-state index contributed by atoms with van der Waals surface area (Å²) in [6.45, 7) is 0.149. The second kappa shape index (κ2) is 9.12. The summed E-state index contributed by atoms with van der Waals surface area (Å²) in [6.07, 6.45) is -0.983. The lowest BCUT2D eigenvalue weighted by Crippen LogP contribution is -2.32. The molecule has 0 aliphatic heterocycles. The summed E-state index contributed by atoms with van der Waals surface area (Å²) in [5.74, 6) is -1.12. The van der Waals surface area contributed by atoms with Crippen molar-refractivity contribution < 1.29 is 19.4 Å². The molecule has 158 valence electrons. The average molecular weight is 501 g/mol. The molecule has 5 nitrogen and oxygen atoms in total. The molecule has 1 aliphatic carbocycles. The molecule has 1 atom stereocenters.